The summed E-state index contributed by atoms with van der Waals surface area (Å²) in [6.07, 6.45) is 4.19. The summed E-state index contributed by atoms with van der Waals surface area (Å²) in [6.45, 7) is 12.9. The standard InChI is InChI=1S/C16H34N2S/c1-6-18(7-2)10-11-19-16-12-14(13(3)4)8-9-15(16)17-5/h13-17H,6-12H2,1-5H3. The summed E-state index contributed by atoms with van der Waals surface area (Å²) in [5.74, 6) is 3.08. The number of rotatable bonds is 8. The van der Waals surface area contributed by atoms with Crippen molar-refractivity contribution in [3.63, 3.8) is 0 Å². The first-order valence-corrected chi connectivity index (χ1v) is 9.18. The van der Waals surface area contributed by atoms with Crippen molar-refractivity contribution in [2.24, 2.45) is 11.8 Å². The number of thioether (sulfide) groups is 1. The molecule has 1 saturated carbocycles. The van der Waals surface area contributed by atoms with Crippen molar-refractivity contribution >= 4 is 11.8 Å². The zero-order valence-corrected chi connectivity index (χ0v) is 14.4. The lowest BCUT2D eigenvalue weighted by Gasteiger charge is -2.37. The third-order valence-electron chi connectivity index (χ3n) is 4.78. The molecule has 3 unspecified atom stereocenters. The summed E-state index contributed by atoms with van der Waals surface area (Å²) in [7, 11) is 2.14. The van der Waals surface area contributed by atoms with Gasteiger partial charge < -0.3 is 10.2 Å². The summed E-state index contributed by atoms with van der Waals surface area (Å²) < 4.78 is 0. The Morgan fingerprint density at radius 1 is 1.21 bits per heavy atom. The lowest BCUT2D eigenvalue weighted by molar-refractivity contribution is 0.251. The molecule has 3 heteroatoms. The Kier molecular flexibility index (Phi) is 8.43. The molecule has 1 N–H and O–H groups in total. The van der Waals surface area contributed by atoms with Crippen LogP contribution in [0.2, 0.25) is 0 Å². The van der Waals surface area contributed by atoms with E-state index in [2.05, 4.69) is 56.7 Å². The number of hydrogen-bond donors (Lipinski definition) is 1. The Morgan fingerprint density at radius 3 is 2.42 bits per heavy atom. The number of hydrogen-bond acceptors (Lipinski definition) is 3. The summed E-state index contributed by atoms with van der Waals surface area (Å²) in [5.41, 5.74) is 0. The van der Waals surface area contributed by atoms with Crippen LogP contribution in [0, 0.1) is 11.8 Å². The summed E-state index contributed by atoms with van der Waals surface area (Å²) in [6, 6.07) is 0.733. The highest BCUT2D eigenvalue weighted by atomic mass is 32.2. The van der Waals surface area contributed by atoms with Crippen molar-refractivity contribution in [3.8, 4) is 0 Å². The van der Waals surface area contributed by atoms with E-state index in [0.29, 0.717) is 0 Å². The molecule has 1 aliphatic carbocycles. The Morgan fingerprint density at radius 2 is 1.89 bits per heavy atom. The van der Waals surface area contributed by atoms with Gasteiger partial charge in [-0.15, -0.1) is 0 Å². The topological polar surface area (TPSA) is 15.3 Å². The van der Waals surface area contributed by atoms with Crippen molar-refractivity contribution in [1.29, 1.82) is 0 Å². The smallest absolute Gasteiger partial charge is 0.0204 e. The van der Waals surface area contributed by atoms with Gasteiger partial charge in [0.05, 0.1) is 0 Å². The second-order valence-corrected chi connectivity index (χ2v) is 7.50. The molecule has 0 radical (unpaired) electrons. The van der Waals surface area contributed by atoms with Gasteiger partial charge >= 0.3 is 0 Å². The fourth-order valence-electron chi connectivity index (χ4n) is 3.15. The van der Waals surface area contributed by atoms with Crippen molar-refractivity contribution in [2.45, 2.75) is 58.2 Å². The van der Waals surface area contributed by atoms with Gasteiger partial charge in [0, 0.05) is 23.6 Å². The predicted octanol–water partition coefficient (Wildman–Crippen LogP) is 3.47. The Hall–Kier alpha value is 0.270. The fourth-order valence-corrected chi connectivity index (χ4v) is 4.71. The highest BCUT2D eigenvalue weighted by Gasteiger charge is 2.31. The van der Waals surface area contributed by atoms with Crippen LogP contribution in [-0.4, -0.2) is 48.6 Å². The third kappa shape index (κ3) is 5.65. The van der Waals surface area contributed by atoms with Gasteiger partial charge in [-0.2, -0.15) is 11.8 Å². The largest absolute Gasteiger partial charge is 0.316 e. The van der Waals surface area contributed by atoms with Gasteiger partial charge in [0.15, 0.2) is 0 Å². The van der Waals surface area contributed by atoms with E-state index in [1.807, 2.05) is 0 Å². The lowest BCUT2D eigenvalue weighted by Crippen LogP contribution is -2.42. The average Bonchev–Trinajstić information content (AvgIpc) is 2.43. The van der Waals surface area contributed by atoms with E-state index in [-0.39, 0.29) is 0 Å². The van der Waals surface area contributed by atoms with Crippen LogP contribution >= 0.6 is 11.8 Å². The van der Waals surface area contributed by atoms with Crippen LogP contribution in [0.25, 0.3) is 0 Å². The van der Waals surface area contributed by atoms with E-state index in [1.54, 1.807) is 0 Å². The van der Waals surface area contributed by atoms with E-state index in [4.69, 9.17) is 0 Å². The normalized spacial score (nSPS) is 28.3. The molecule has 1 rings (SSSR count). The van der Waals surface area contributed by atoms with Crippen molar-refractivity contribution in [2.75, 3.05) is 32.4 Å². The average molecular weight is 287 g/mol. The molecule has 0 aromatic rings. The molecule has 0 aromatic carbocycles. The highest BCUT2D eigenvalue weighted by Crippen LogP contribution is 2.36. The summed E-state index contributed by atoms with van der Waals surface area (Å²) in [4.78, 5) is 2.53. The number of nitrogens with zero attached hydrogens (tertiary/aromatic N) is 1. The quantitative estimate of drug-likeness (QED) is 0.735. The van der Waals surface area contributed by atoms with E-state index < -0.39 is 0 Å². The molecule has 3 atom stereocenters. The van der Waals surface area contributed by atoms with Crippen molar-refractivity contribution in [1.82, 2.24) is 10.2 Å². The summed E-state index contributed by atoms with van der Waals surface area (Å²) >= 11 is 2.21. The van der Waals surface area contributed by atoms with Crippen LogP contribution in [0.4, 0.5) is 0 Å². The minimum Gasteiger partial charge on any atom is -0.316 e. The van der Waals surface area contributed by atoms with Gasteiger partial charge in [-0.05, 0) is 51.2 Å². The second-order valence-electron chi connectivity index (χ2n) is 6.15. The van der Waals surface area contributed by atoms with Gasteiger partial charge in [-0.1, -0.05) is 27.7 Å². The molecule has 1 fully saturated rings. The first-order chi connectivity index (χ1) is 9.12. The van der Waals surface area contributed by atoms with Crippen LogP contribution in [0.5, 0.6) is 0 Å². The minimum atomic E-state index is 0.733. The van der Waals surface area contributed by atoms with Crippen molar-refractivity contribution < 1.29 is 0 Å². The monoisotopic (exact) mass is 286 g/mol. The predicted molar refractivity (Wildman–Crippen MR) is 89.1 cm³/mol. The van der Waals surface area contributed by atoms with Gasteiger partial charge in [-0.25, -0.2) is 0 Å². The van der Waals surface area contributed by atoms with E-state index in [9.17, 15) is 0 Å². The maximum absolute atomic E-state index is 3.55. The zero-order chi connectivity index (χ0) is 14.3. The lowest BCUT2D eigenvalue weighted by atomic mass is 9.79. The van der Waals surface area contributed by atoms with E-state index >= 15 is 0 Å². The van der Waals surface area contributed by atoms with E-state index in [1.165, 1.54) is 44.6 Å². The van der Waals surface area contributed by atoms with Gasteiger partial charge in [-0.3, -0.25) is 0 Å². The minimum absolute atomic E-state index is 0.733. The fraction of sp³-hybridized carbons (Fsp3) is 1.00. The molecule has 2 nitrogen and oxygen atoms in total. The van der Waals surface area contributed by atoms with Crippen LogP contribution < -0.4 is 5.32 Å². The maximum atomic E-state index is 3.55. The molecule has 1 aliphatic rings. The molecule has 0 bridgehead atoms. The first-order valence-electron chi connectivity index (χ1n) is 8.13. The van der Waals surface area contributed by atoms with E-state index in [0.717, 1.165) is 23.1 Å². The second kappa shape index (κ2) is 9.25. The molecule has 0 aromatic heterocycles. The molecule has 0 aliphatic heterocycles. The Bertz CT molecular complexity index is 229. The molecular weight excluding hydrogens is 252 g/mol. The SMILES string of the molecule is CCN(CC)CCSC1CC(C(C)C)CCC1NC. The van der Waals surface area contributed by atoms with Crippen LogP contribution in [0.1, 0.15) is 47.0 Å². The highest BCUT2D eigenvalue weighted by molar-refractivity contribution is 8.00. The first kappa shape index (κ1) is 17.3. The molecule has 0 saturated heterocycles. The molecule has 0 spiro atoms. The number of nitrogens with one attached hydrogen (secondary N) is 1. The Balaban J connectivity index is 2.38. The van der Waals surface area contributed by atoms with Gasteiger partial charge in [0.1, 0.15) is 0 Å². The molecule has 114 valence electrons. The molecular formula is C16H34N2S. The Labute approximate surface area is 125 Å². The summed E-state index contributed by atoms with van der Waals surface area (Å²) in [5, 5.41) is 4.37. The van der Waals surface area contributed by atoms with Gasteiger partial charge in [0.25, 0.3) is 0 Å². The molecule has 19 heavy (non-hydrogen) atoms. The van der Waals surface area contributed by atoms with Crippen LogP contribution in [0.3, 0.4) is 0 Å². The van der Waals surface area contributed by atoms with Gasteiger partial charge in [0.2, 0.25) is 0 Å². The molecule has 0 heterocycles. The third-order valence-corrected chi connectivity index (χ3v) is 6.15. The van der Waals surface area contributed by atoms with Crippen molar-refractivity contribution in [3.05, 3.63) is 0 Å². The van der Waals surface area contributed by atoms with Crippen LogP contribution in [0.15, 0.2) is 0 Å². The maximum Gasteiger partial charge on any atom is 0.0204 e. The molecule has 0 amide bonds. The zero-order valence-electron chi connectivity index (χ0n) is 13.6. The van der Waals surface area contributed by atoms with Crippen LogP contribution in [-0.2, 0) is 0 Å².